The van der Waals surface area contributed by atoms with Crippen molar-refractivity contribution in [3.63, 3.8) is 0 Å². The molecule has 3 rings (SSSR count). The van der Waals surface area contributed by atoms with E-state index in [4.69, 9.17) is 0 Å². The zero-order valence-corrected chi connectivity index (χ0v) is 11.5. The maximum atomic E-state index is 4.36. The molecule has 94 valence electrons. The first-order valence-electron chi connectivity index (χ1n) is 6.03. The lowest BCUT2D eigenvalue weighted by Crippen LogP contribution is -2.37. The first kappa shape index (κ1) is 11.6. The Balaban J connectivity index is 1.76. The van der Waals surface area contributed by atoms with Crippen LogP contribution in [0.3, 0.4) is 0 Å². The molecule has 2 aromatic heterocycles. The fourth-order valence-electron chi connectivity index (χ4n) is 2.33. The van der Waals surface area contributed by atoms with Crippen LogP contribution in [0.15, 0.2) is 35.6 Å². The number of aromatic nitrogens is 4. The van der Waals surface area contributed by atoms with Gasteiger partial charge in [0.05, 0.1) is 16.8 Å². The highest BCUT2D eigenvalue weighted by Gasteiger charge is 2.22. The average Bonchev–Trinajstić information content (AvgIpc) is 2.94. The molecule has 5 nitrogen and oxygen atoms in total. The molecule has 1 aliphatic heterocycles. The molecule has 1 atom stereocenters. The van der Waals surface area contributed by atoms with E-state index in [1.54, 1.807) is 12.4 Å². The number of anilines is 1. The molecule has 0 bridgehead atoms. The minimum Gasteiger partial charge on any atom is -0.339 e. The van der Waals surface area contributed by atoms with E-state index >= 15 is 0 Å². The third kappa shape index (κ3) is 2.38. The van der Waals surface area contributed by atoms with Crippen molar-refractivity contribution < 1.29 is 0 Å². The lowest BCUT2D eigenvalue weighted by atomic mass is 10.1. The zero-order chi connectivity index (χ0) is 12.4. The normalized spacial score (nSPS) is 20.1. The second kappa shape index (κ2) is 5.06. The molecule has 3 heterocycles. The van der Waals surface area contributed by atoms with E-state index < -0.39 is 0 Å². The summed E-state index contributed by atoms with van der Waals surface area (Å²) < 4.78 is 3.08. The largest absolute Gasteiger partial charge is 0.339 e. The molecule has 1 fully saturated rings. The quantitative estimate of drug-likeness (QED) is 0.854. The Bertz CT molecular complexity index is 496. The molecule has 0 aromatic carbocycles. The standard InChI is InChI=1S/C12H14BrN5/c13-10-6-15-12(16-7-10)17-4-1-2-11(8-17)18-5-3-14-9-18/h3,5-7,9,11H,1-2,4,8H2/t11-/m0/s1. The van der Waals surface area contributed by atoms with Gasteiger partial charge in [0.2, 0.25) is 5.95 Å². The molecule has 0 N–H and O–H groups in total. The molecule has 1 aliphatic rings. The van der Waals surface area contributed by atoms with Gasteiger partial charge in [0.25, 0.3) is 0 Å². The Morgan fingerprint density at radius 2 is 2.11 bits per heavy atom. The Morgan fingerprint density at radius 3 is 2.83 bits per heavy atom. The van der Waals surface area contributed by atoms with Crippen LogP contribution in [0, 0.1) is 0 Å². The van der Waals surface area contributed by atoms with Gasteiger partial charge in [-0.2, -0.15) is 0 Å². The molecule has 0 unspecified atom stereocenters. The average molecular weight is 308 g/mol. The van der Waals surface area contributed by atoms with Gasteiger partial charge in [-0.15, -0.1) is 0 Å². The molecule has 0 spiro atoms. The predicted molar refractivity (Wildman–Crippen MR) is 72.4 cm³/mol. The fourth-order valence-corrected chi connectivity index (χ4v) is 2.54. The van der Waals surface area contributed by atoms with Crippen LogP contribution >= 0.6 is 15.9 Å². The molecular weight excluding hydrogens is 294 g/mol. The van der Waals surface area contributed by atoms with Crippen LogP contribution in [0.5, 0.6) is 0 Å². The van der Waals surface area contributed by atoms with Crippen LogP contribution in [-0.4, -0.2) is 32.6 Å². The van der Waals surface area contributed by atoms with Crippen LogP contribution < -0.4 is 4.90 Å². The zero-order valence-electron chi connectivity index (χ0n) is 9.91. The van der Waals surface area contributed by atoms with Gasteiger partial charge < -0.3 is 9.47 Å². The van der Waals surface area contributed by atoms with Crippen LogP contribution in [0.2, 0.25) is 0 Å². The minimum atomic E-state index is 0.466. The van der Waals surface area contributed by atoms with Crippen molar-refractivity contribution in [2.75, 3.05) is 18.0 Å². The number of hydrogen-bond acceptors (Lipinski definition) is 4. The van der Waals surface area contributed by atoms with E-state index in [1.807, 2.05) is 18.7 Å². The van der Waals surface area contributed by atoms with Gasteiger partial charge in [-0.05, 0) is 28.8 Å². The summed E-state index contributed by atoms with van der Waals surface area (Å²) in [7, 11) is 0. The van der Waals surface area contributed by atoms with Crippen molar-refractivity contribution in [1.29, 1.82) is 0 Å². The third-order valence-corrected chi connectivity index (χ3v) is 3.64. The maximum absolute atomic E-state index is 4.36. The number of piperidine rings is 1. The Hall–Kier alpha value is -1.43. The first-order valence-corrected chi connectivity index (χ1v) is 6.82. The summed E-state index contributed by atoms with van der Waals surface area (Å²) in [4.78, 5) is 15.1. The van der Waals surface area contributed by atoms with Crippen molar-refractivity contribution in [2.24, 2.45) is 0 Å². The molecule has 18 heavy (non-hydrogen) atoms. The van der Waals surface area contributed by atoms with Crippen molar-refractivity contribution in [2.45, 2.75) is 18.9 Å². The van der Waals surface area contributed by atoms with Gasteiger partial charge in [-0.1, -0.05) is 0 Å². The van der Waals surface area contributed by atoms with Crippen LogP contribution in [0.4, 0.5) is 5.95 Å². The lowest BCUT2D eigenvalue weighted by molar-refractivity contribution is 0.401. The summed E-state index contributed by atoms with van der Waals surface area (Å²) in [5, 5.41) is 0. The highest BCUT2D eigenvalue weighted by Crippen LogP contribution is 2.24. The minimum absolute atomic E-state index is 0.466. The number of nitrogens with zero attached hydrogens (tertiary/aromatic N) is 5. The topological polar surface area (TPSA) is 46.8 Å². The molecular formula is C12H14BrN5. The summed E-state index contributed by atoms with van der Waals surface area (Å²) in [6, 6.07) is 0.466. The van der Waals surface area contributed by atoms with E-state index in [-0.39, 0.29) is 0 Å². The fraction of sp³-hybridized carbons (Fsp3) is 0.417. The Labute approximate surface area is 114 Å². The third-order valence-electron chi connectivity index (χ3n) is 3.23. The predicted octanol–water partition coefficient (Wildman–Crippen LogP) is 2.28. The van der Waals surface area contributed by atoms with E-state index in [2.05, 4.69) is 40.3 Å². The Morgan fingerprint density at radius 1 is 1.28 bits per heavy atom. The monoisotopic (exact) mass is 307 g/mol. The summed E-state index contributed by atoms with van der Waals surface area (Å²) in [6.07, 6.45) is 11.7. The molecule has 1 saturated heterocycles. The smallest absolute Gasteiger partial charge is 0.225 e. The second-order valence-corrected chi connectivity index (χ2v) is 5.37. The number of hydrogen-bond donors (Lipinski definition) is 0. The number of imidazole rings is 1. The number of rotatable bonds is 2. The molecule has 2 aromatic rings. The van der Waals surface area contributed by atoms with Gasteiger partial charge in [0.1, 0.15) is 0 Å². The van der Waals surface area contributed by atoms with Gasteiger partial charge in [-0.3, -0.25) is 0 Å². The van der Waals surface area contributed by atoms with Crippen molar-refractivity contribution in [1.82, 2.24) is 19.5 Å². The van der Waals surface area contributed by atoms with Gasteiger partial charge in [0.15, 0.2) is 0 Å². The maximum Gasteiger partial charge on any atom is 0.225 e. The number of halogens is 1. The molecule has 0 aliphatic carbocycles. The van der Waals surface area contributed by atoms with E-state index in [9.17, 15) is 0 Å². The summed E-state index contributed by atoms with van der Waals surface area (Å²) in [5.74, 6) is 0.808. The molecule has 0 amide bonds. The van der Waals surface area contributed by atoms with Crippen LogP contribution in [-0.2, 0) is 0 Å². The van der Waals surface area contributed by atoms with E-state index in [1.165, 1.54) is 6.42 Å². The molecule has 0 radical (unpaired) electrons. The van der Waals surface area contributed by atoms with E-state index in [0.717, 1.165) is 29.9 Å². The highest BCUT2D eigenvalue weighted by atomic mass is 79.9. The lowest BCUT2D eigenvalue weighted by Gasteiger charge is -2.33. The summed E-state index contributed by atoms with van der Waals surface area (Å²) >= 11 is 3.36. The summed E-state index contributed by atoms with van der Waals surface area (Å²) in [5.41, 5.74) is 0. The van der Waals surface area contributed by atoms with Gasteiger partial charge in [-0.25, -0.2) is 15.0 Å². The van der Waals surface area contributed by atoms with Crippen molar-refractivity contribution in [3.05, 3.63) is 35.6 Å². The van der Waals surface area contributed by atoms with Crippen molar-refractivity contribution in [3.8, 4) is 0 Å². The molecule has 6 heteroatoms. The van der Waals surface area contributed by atoms with Gasteiger partial charge >= 0.3 is 0 Å². The van der Waals surface area contributed by atoms with Crippen molar-refractivity contribution >= 4 is 21.9 Å². The Kier molecular flexibility index (Phi) is 3.27. The first-order chi connectivity index (χ1) is 8.83. The van der Waals surface area contributed by atoms with Gasteiger partial charge in [0, 0.05) is 37.9 Å². The highest BCUT2D eigenvalue weighted by molar-refractivity contribution is 9.10. The van der Waals surface area contributed by atoms with Crippen LogP contribution in [0.25, 0.3) is 0 Å². The SMILES string of the molecule is Brc1cnc(N2CCC[C@H](n3ccnc3)C2)nc1. The van der Waals surface area contributed by atoms with Crippen LogP contribution in [0.1, 0.15) is 18.9 Å². The van der Waals surface area contributed by atoms with E-state index in [0.29, 0.717) is 6.04 Å². The second-order valence-electron chi connectivity index (χ2n) is 4.45. The molecule has 0 saturated carbocycles. The summed E-state index contributed by atoms with van der Waals surface area (Å²) in [6.45, 7) is 1.96.